The molecule has 74 heavy (non-hydrogen) atoms. The molecule has 0 aromatic carbocycles. The fraction of sp³-hybridized carbons (Fsp3) is 0.912. The molecule has 0 saturated carbocycles. The number of aliphatic hydroxyl groups excluding tert-OH is 2. The molecule has 2 unspecified atom stereocenters. The number of hydrogen-bond acceptors (Lipinski definition) is 5. The quantitative estimate of drug-likeness (QED) is 0.0320. The summed E-state index contributed by atoms with van der Waals surface area (Å²) in [7, 11) is 0. The van der Waals surface area contributed by atoms with E-state index in [0.29, 0.717) is 19.4 Å². The number of aliphatic hydroxyl groups is 2. The number of esters is 1. The molecule has 0 radical (unpaired) electrons. The van der Waals surface area contributed by atoms with Gasteiger partial charge in [0.25, 0.3) is 0 Å². The van der Waals surface area contributed by atoms with Crippen LogP contribution in [0.1, 0.15) is 373 Å². The smallest absolute Gasteiger partial charge is 0.305 e. The predicted octanol–water partition coefficient (Wildman–Crippen LogP) is 21.4. The van der Waals surface area contributed by atoms with Gasteiger partial charge in [-0.2, -0.15) is 0 Å². The summed E-state index contributed by atoms with van der Waals surface area (Å²) in [6, 6.07) is -0.631. The Kier molecular flexibility index (Phi) is 62.4. The highest BCUT2D eigenvalue weighted by atomic mass is 16.5. The van der Waals surface area contributed by atoms with Crippen molar-refractivity contribution in [1.82, 2.24) is 5.32 Å². The zero-order chi connectivity index (χ0) is 53.6. The molecule has 3 N–H and O–H groups in total. The zero-order valence-corrected chi connectivity index (χ0v) is 50.1. The molecule has 0 fully saturated rings. The summed E-state index contributed by atoms with van der Waals surface area (Å²) in [5.41, 5.74) is 0. The molecule has 0 aromatic rings. The molecule has 0 bridgehead atoms. The van der Waals surface area contributed by atoms with Gasteiger partial charge in [0.1, 0.15) is 0 Å². The third kappa shape index (κ3) is 59.6. The molecule has 2 atom stereocenters. The number of carbonyl (C=O) groups is 2. The van der Waals surface area contributed by atoms with E-state index < -0.39 is 12.1 Å². The summed E-state index contributed by atoms with van der Waals surface area (Å²) in [5, 5.41) is 23.2. The molecular weight excluding hydrogens is 911 g/mol. The van der Waals surface area contributed by atoms with Gasteiger partial charge in [-0.15, -0.1) is 0 Å². The largest absolute Gasteiger partial charge is 0.466 e. The van der Waals surface area contributed by atoms with E-state index >= 15 is 0 Å². The molecule has 0 spiro atoms. The van der Waals surface area contributed by atoms with E-state index in [-0.39, 0.29) is 18.5 Å². The summed E-state index contributed by atoms with van der Waals surface area (Å²) in [6.07, 6.45) is 79.5. The van der Waals surface area contributed by atoms with Crippen LogP contribution in [0.3, 0.4) is 0 Å². The van der Waals surface area contributed by atoms with Gasteiger partial charge < -0.3 is 20.3 Å². The average molecular weight is 1040 g/mol. The summed E-state index contributed by atoms with van der Waals surface area (Å²) in [4.78, 5) is 24.6. The monoisotopic (exact) mass is 1040 g/mol. The van der Waals surface area contributed by atoms with Crippen LogP contribution in [0.5, 0.6) is 0 Å². The molecule has 0 rings (SSSR count). The summed E-state index contributed by atoms with van der Waals surface area (Å²) in [5.74, 6) is -0.0658. The van der Waals surface area contributed by atoms with Gasteiger partial charge in [0.15, 0.2) is 0 Å². The molecule has 6 nitrogen and oxygen atoms in total. The Morgan fingerprint density at radius 3 is 0.959 bits per heavy atom. The maximum Gasteiger partial charge on any atom is 0.305 e. The first-order valence-corrected chi connectivity index (χ1v) is 33.6. The maximum absolute atomic E-state index is 12.5. The van der Waals surface area contributed by atoms with Crippen LogP contribution in [0.2, 0.25) is 0 Å². The van der Waals surface area contributed by atoms with Crippen molar-refractivity contribution in [2.24, 2.45) is 0 Å². The van der Waals surface area contributed by atoms with Crippen LogP contribution in [0, 0.1) is 0 Å². The standard InChI is InChI=1S/C68H131NO5/c1-3-5-7-9-11-13-15-17-19-20-21-22-23-24-26-29-33-36-40-44-48-52-56-60-66(71)65(64-70)69-67(72)61-57-53-49-45-41-37-34-30-27-25-28-31-35-39-43-47-51-55-59-63-74-68(73)62-58-54-50-46-42-38-32-18-16-14-12-10-8-6-4-2/h18,32,56,60,65-66,70-71H,3-17,19-31,33-55,57-59,61-64H2,1-2H3,(H,69,72)/b32-18-,60-56+. The van der Waals surface area contributed by atoms with Crippen LogP contribution >= 0.6 is 0 Å². The molecule has 0 aliphatic heterocycles. The first-order chi connectivity index (χ1) is 36.5. The number of ether oxygens (including phenoxy) is 1. The fourth-order valence-corrected chi connectivity index (χ4v) is 10.6. The van der Waals surface area contributed by atoms with Gasteiger partial charge in [0, 0.05) is 12.8 Å². The molecular formula is C68H131NO5. The highest BCUT2D eigenvalue weighted by Crippen LogP contribution is 2.18. The number of hydrogen-bond donors (Lipinski definition) is 3. The topological polar surface area (TPSA) is 95.9 Å². The maximum atomic E-state index is 12.5. The second kappa shape index (κ2) is 63.9. The lowest BCUT2D eigenvalue weighted by Crippen LogP contribution is -2.45. The molecule has 0 aliphatic rings. The number of amides is 1. The first-order valence-electron chi connectivity index (χ1n) is 33.6. The molecule has 0 aliphatic carbocycles. The highest BCUT2D eigenvalue weighted by Gasteiger charge is 2.18. The highest BCUT2D eigenvalue weighted by molar-refractivity contribution is 5.76. The Hall–Kier alpha value is -1.66. The Bertz CT molecular complexity index is 1150. The zero-order valence-electron chi connectivity index (χ0n) is 50.1. The van der Waals surface area contributed by atoms with Crippen molar-refractivity contribution in [2.45, 2.75) is 386 Å². The van der Waals surface area contributed by atoms with E-state index in [2.05, 4.69) is 31.3 Å². The molecule has 0 saturated heterocycles. The van der Waals surface area contributed by atoms with E-state index in [4.69, 9.17) is 4.74 Å². The minimum absolute atomic E-state index is 0.00122. The minimum atomic E-state index is -0.848. The Balaban J connectivity index is 3.43. The van der Waals surface area contributed by atoms with Crippen LogP contribution < -0.4 is 5.32 Å². The van der Waals surface area contributed by atoms with Crippen molar-refractivity contribution in [3.05, 3.63) is 24.3 Å². The number of allylic oxidation sites excluding steroid dienone is 3. The average Bonchev–Trinajstić information content (AvgIpc) is 3.40. The minimum Gasteiger partial charge on any atom is -0.466 e. The van der Waals surface area contributed by atoms with Gasteiger partial charge >= 0.3 is 5.97 Å². The van der Waals surface area contributed by atoms with Gasteiger partial charge in [-0.25, -0.2) is 0 Å². The van der Waals surface area contributed by atoms with Crippen LogP contribution in [-0.4, -0.2) is 47.4 Å². The fourth-order valence-electron chi connectivity index (χ4n) is 10.6. The predicted molar refractivity (Wildman–Crippen MR) is 324 cm³/mol. The van der Waals surface area contributed by atoms with Crippen LogP contribution in [-0.2, 0) is 14.3 Å². The number of nitrogens with one attached hydrogen (secondary N) is 1. The van der Waals surface area contributed by atoms with Gasteiger partial charge in [0.2, 0.25) is 5.91 Å². The van der Waals surface area contributed by atoms with Crippen molar-refractivity contribution in [1.29, 1.82) is 0 Å². The Labute approximate surface area is 462 Å². The normalized spacial score (nSPS) is 12.6. The lowest BCUT2D eigenvalue weighted by Gasteiger charge is -2.20. The SMILES string of the molecule is CCCCCCCC/C=C\CCCCCCCC(=O)OCCCCCCCCCCCCCCCCCCCCCC(=O)NC(CO)C(O)/C=C/CCCCCCCCCCCCCCCCCCCCCCC. The van der Waals surface area contributed by atoms with Crippen molar-refractivity contribution in [3.63, 3.8) is 0 Å². The summed E-state index contributed by atoms with van der Waals surface area (Å²) in [6.45, 7) is 4.92. The van der Waals surface area contributed by atoms with E-state index in [1.807, 2.05) is 6.08 Å². The molecule has 6 heteroatoms. The third-order valence-electron chi connectivity index (χ3n) is 15.7. The van der Waals surface area contributed by atoms with Crippen molar-refractivity contribution < 1.29 is 24.5 Å². The van der Waals surface area contributed by atoms with Gasteiger partial charge in [-0.3, -0.25) is 9.59 Å². The van der Waals surface area contributed by atoms with E-state index in [1.54, 1.807) is 6.08 Å². The number of unbranched alkanes of at least 4 members (excludes halogenated alkanes) is 50. The molecule has 438 valence electrons. The van der Waals surface area contributed by atoms with Gasteiger partial charge in [-0.05, 0) is 57.8 Å². The Morgan fingerprint density at radius 2 is 0.635 bits per heavy atom. The lowest BCUT2D eigenvalue weighted by atomic mass is 10.0. The Morgan fingerprint density at radius 1 is 0.365 bits per heavy atom. The van der Waals surface area contributed by atoms with Crippen molar-refractivity contribution >= 4 is 11.9 Å². The molecule has 0 heterocycles. The third-order valence-corrected chi connectivity index (χ3v) is 15.7. The van der Waals surface area contributed by atoms with E-state index in [1.165, 1.54) is 302 Å². The summed E-state index contributed by atoms with van der Waals surface area (Å²) >= 11 is 0. The van der Waals surface area contributed by atoms with Gasteiger partial charge in [0.05, 0.1) is 25.4 Å². The molecule has 1 amide bonds. The van der Waals surface area contributed by atoms with Crippen LogP contribution in [0.4, 0.5) is 0 Å². The second-order valence-electron chi connectivity index (χ2n) is 23.2. The van der Waals surface area contributed by atoms with Crippen molar-refractivity contribution in [3.8, 4) is 0 Å². The summed E-state index contributed by atoms with van der Waals surface area (Å²) < 4.78 is 5.48. The van der Waals surface area contributed by atoms with E-state index in [0.717, 1.165) is 44.9 Å². The van der Waals surface area contributed by atoms with Gasteiger partial charge in [-0.1, -0.05) is 327 Å². The van der Waals surface area contributed by atoms with E-state index in [9.17, 15) is 19.8 Å². The molecule has 0 aromatic heterocycles. The van der Waals surface area contributed by atoms with Crippen LogP contribution in [0.25, 0.3) is 0 Å². The second-order valence-corrected chi connectivity index (χ2v) is 23.2. The number of carbonyl (C=O) groups excluding carboxylic acids is 2. The lowest BCUT2D eigenvalue weighted by molar-refractivity contribution is -0.143. The number of rotatable bonds is 63. The first kappa shape index (κ1) is 72.3. The van der Waals surface area contributed by atoms with Crippen LogP contribution in [0.15, 0.2) is 24.3 Å². The van der Waals surface area contributed by atoms with Crippen molar-refractivity contribution in [2.75, 3.05) is 13.2 Å².